The third-order valence-electron chi connectivity index (χ3n) is 2.57. The molecule has 0 fully saturated rings. The zero-order valence-electron chi connectivity index (χ0n) is 12.3. The van der Waals surface area contributed by atoms with Crippen molar-refractivity contribution in [2.75, 3.05) is 33.5 Å². The molecule has 8 nitrogen and oxygen atoms in total. The fourth-order valence-electron chi connectivity index (χ4n) is 1.14. The summed E-state index contributed by atoms with van der Waals surface area (Å²) in [7, 11) is 1.50. The summed E-state index contributed by atoms with van der Waals surface area (Å²) in [5.74, 6) is -1.07. The Kier molecular flexibility index (Phi) is 11.1. The highest BCUT2D eigenvalue weighted by atomic mass is 16.6. The second kappa shape index (κ2) is 10.6. The summed E-state index contributed by atoms with van der Waals surface area (Å²) in [6.07, 6.45) is -1.32. The van der Waals surface area contributed by atoms with E-state index in [0.29, 0.717) is 6.61 Å². The molecule has 0 rings (SSSR count). The number of hydrogen-bond donors (Lipinski definition) is 4. The van der Waals surface area contributed by atoms with E-state index in [1.807, 2.05) is 0 Å². The lowest BCUT2D eigenvalue weighted by Gasteiger charge is -2.27. The highest BCUT2D eigenvalue weighted by molar-refractivity contribution is 5.81. The molecule has 0 spiro atoms. The summed E-state index contributed by atoms with van der Waals surface area (Å²) in [5.41, 5.74) is -0.928. The normalized spacial score (nSPS) is 12.2. The molecule has 0 unspecified atom stereocenters. The average molecular weight is 294 g/mol. The van der Waals surface area contributed by atoms with Crippen molar-refractivity contribution < 1.29 is 29.3 Å². The van der Waals surface area contributed by atoms with Crippen molar-refractivity contribution in [2.45, 2.75) is 26.4 Å². The summed E-state index contributed by atoms with van der Waals surface area (Å²) >= 11 is 0. The van der Waals surface area contributed by atoms with Gasteiger partial charge in [0.05, 0.1) is 19.6 Å². The van der Waals surface area contributed by atoms with Crippen LogP contribution in [0.2, 0.25) is 0 Å². The Bertz CT molecular complexity index is 296. The molecule has 0 aliphatic heterocycles. The van der Waals surface area contributed by atoms with Gasteiger partial charge in [-0.2, -0.15) is 0 Å². The van der Waals surface area contributed by atoms with Crippen molar-refractivity contribution in [3.05, 3.63) is 0 Å². The fraction of sp³-hybridized carbons (Fsp3) is 0.833. The quantitative estimate of drug-likeness (QED) is 0.323. The van der Waals surface area contributed by atoms with Gasteiger partial charge in [-0.05, 0) is 0 Å². The molecule has 0 bridgehead atoms. The van der Waals surface area contributed by atoms with E-state index in [0.717, 1.165) is 0 Å². The standard InChI is InChI=1S/C12H23NO6.H3N/c1-12(2,8-14)10(16)11(17)13-5-4-9(15)19-7-6-18-3;/h10,14,16H,4-8H2,1-3H3,(H,13,17);1H3/t10-;/m0./s1. The molecule has 0 saturated carbocycles. The maximum Gasteiger partial charge on any atom is 0.307 e. The Balaban J connectivity index is 0. The molecule has 0 saturated heterocycles. The Morgan fingerprint density at radius 1 is 1.30 bits per heavy atom. The van der Waals surface area contributed by atoms with E-state index in [4.69, 9.17) is 14.6 Å². The second-order valence-corrected chi connectivity index (χ2v) is 4.80. The Labute approximate surface area is 119 Å². The molecular formula is C12H26N2O6. The van der Waals surface area contributed by atoms with E-state index >= 15 is 0 Å². The van der Waals surface area contributed by atoms with Gasteiger partial charge in [0.2, 0.25) is 5.91 Å². The summed E-state index contributed by atoms with van der Waals surface area (Å²) in [5, 5.41) is 21.1. The van der Waals surface area contributed by atoms with Crippen LogP contribution in [-0.4, -0.2) is 61.7 Å². The predicted octanol–water partition coefficient (Wildman–Crippen LogP) is -0.776. The van der Waals surface area contributed by atoms with Gasteiger partial charge >= 0.3 is 5.97 Å². The van der Waals surface area contributed by atoms with Gasteiger partial charge in [-0.1, -0.05) is 13.8 Å². The number of methoxy groups -OCH3 is 1. The van der Waals surface area contributed by atoms with Gasteiger partial charge < -0.3 is 31.2 Å². The first-order valence-electron chi connectivity index (χ1n) is 6.06. The number of amides is 1. The molecule has 8 heteroatoms. The predicted molar refractivity (Wildman–Crippen MR) is 72.4 cm³/mol. The fourth-order valence-corrected chi connectivity index (χ4v) is 1.14. The third kappa shape index (κ3) is 8.05. The molecule has 1 amide bonds. The van der Waals surface area contributed by atoms with E-state index < -0.39 is 23.4 Å². The van der Waals surface area contributed by atoms with E-state index in [9.17, 15) is 14.7 Å². The van der Waals surface area contributed by atoms with Gasteiger partial charge in [0, 0.05) is 19.1 Å². The van der Waals surface area contributed by atoms with E-state index in [-0.39, 0.29) is 32.3 Å². The maximum absolute atomic E-state index is 11.5. The van der Waals surface area contributed by atoms with Crippen LogP contribution in [0.25, 0.3) is 0 Å². The van der Waals surface area contributed by atoms with Crippen LogP contribution in [0.3, 0.4) is 0 Å². The minimum absolute atomic E-state index is 0. The van der Waals surface area contributed by atoms with Crippen LogP contribution < -0.4 is 11.5 Å². The first-order valence-corrected chi connectivity index (χ1v) is 6.06. The molecule has 1 atom stereocenters. The molecule has 0 aromatic carbocycles. The molecule has 0 radical (unpaired) electrons. The Morgan fingerprint density at radius 2 is 1.90 bits per heavy atom. The van der Waals surface area contributed by atoms with Gasteiger partial charge in [0.25, 0.3) is 0 Å². The topological polar surface area (TPSA) is 140 Å². The first kappa shape index (κ1) is 21.1. The molecule has 0 aromatic heterocycles. The zero-order chi connectivity index (χ0) is 14.9. The molecule has 0 aliphatic rings. The van der Waals surface area contributed by atoms with Gasteiger partial charge in [-0.25, -0.2) is 0 Å². The van der Waals surface area contributed by atoms with Crippen LogP contribution in [0, 0.1) is 5.41 Å². The lowest BCUT2D eigenvalue weighted by Crippen LogP contribution is -2.46. The van der Waals surface area contributed by atoms with Crippen LogP contribution >= 0.6 is 0 Å². The zero-order valence-corrected chi connectivity index (χ0v) is 12.3. The first-order chi connectivity index (χ1) is 8.85. The molecule has 6 N–H and O–H groups in total. The average Bonchev–Trinajstić information content (AvgIpc) is 2.38. The Hall–Kier alpha value is -1.22. The van der Waals surface area contributed by atoms with E-state index in [1.54, 1.807) is 13.8 Å². The lowest BCUT2D eigenvalue weighted by atomic mass is 9.87. The molecular weight excluding hydrogens is 268 g/mol. The van der Waals surface area contributed by atoms with Crippen LogP contribution in [-0.2, 0) is 19.1 Å². The summed E-state index contributed by atoms with van der Waals surface area (Å²) in [6.45, 7) is 3.38. The highest BCUT2D eigenvalue weighted by Gasteiger charge is 2.32. The minimum atomic E-state index is -1.33. The number of ether oxygens (including phenoxy) is 2. The number of rotatable bonds is 9. The van der Waals surface area contributed by atoms with Gasteiger partial charge in [-0.3, -0.25) is 9.59 Å². The van der Waals surface area contributed by atoms with Crippen molar-refractivity contribution in [2.24, 2.45) is 5.41 Å². The minimum Gasteiger partial charge on any atom is -0.463 e. The van der Waals surface area contributed by atoms with Gasteiger partial charge in [0.15, 0.2) is 0 Å². The number of aliphatic hydroxyl groups excluding tert-OH is 2. The van der Waals surface area contributed by atoms with Crippen LogP contribution in [0.4, 0.5) is 0 Å². The molecule has 120 valence electrons. The second-order valence-electron chi connectivity index (χ2n) is 4.80. The number of esters is 1. The van der Waals surface area contributed by atoms with Crippen molar-refractivity contribution in [3.8, 4) is 0 Å². The van der Waals surface area contributed by atoms with E-state index in [2.05, 4.69) is 5.32 Å². The molecule has 20 heavy (non-hydrogen) atoms. The van der Waals surface area contributed by atoms with Crippen molar-refractivity contribution in [3.63, 3.8) is 0 Å². The van der Waals surface area contributed by atoms with E-state index in [1.165, 1.54) is 7.11 Å². The number of carbonyl (C=O) groups is 2. The van der Waals surface area contributed by atoms with Crippen LogP contribution in [0.5, 0.6) is 0 Å². The van der Waals surface area contributed by atoms with Crippen molar-refractivity contribution in [1.82, 2.24) is 11.5 Å². The monoisotopic (exact) mass is 294 g/mol. The van der Waals surface area contributed by atoms with Gasteiger partial charge in [0.1, 0.15) is 12.7 Å². The Morgan fingerprint density at radius 3 is 2.40 bits per heavy atom. The van der Waals surface area contributed by atoms with Crippen LogP contribution in [0.15, 0.2) is 0 Å². The summed E-state index contributed by atoms with van der Waals surface area (Å²) < 4.78 is 9.51. The largest absolute Gasteiger partial charge is 0.463 e. The summed E-state index contributed by atoms with van der Waals surface area (Å²) in [4.78, 5) is 22.7. The smallest absolute Gasteiger partial charge is 0.307 e. The lowest BCUT2D eigenvalue weighted by molar-refractivity contribution is -0.145. The maximum atomic E-state index is 11.5. The number of hydrogen-bond acceptors (Lipinski definition) is 7. The molecule has 0 aliphatic carbocycles. The SMILES string of the molecule is COCCOC(=O)CCNC(=O)[C@H](O)C(C)(C)CO.N. The van der Waals surface area contributed by atoms with Gasteiger partial charge in [-0.15, -0.1) is 0 Å². The number of aliphatic hydroxyl groups is 2. The van der Waals surface area contributed by atoms with Crippen LogP contribution in [0.1, 0.15) is 20.3 Å². The summed E-state index contributed by atoms with van der Waals surface area (Å²) in [6, 6.07) is 0. The van der Waals surface area contributed by atoms with Crippen molar-refractivity contribution >= 4 is 11.9 Å². The highest BCUT2D eigenvalue weighted by Crippen LogP contribution is 2.19. The van der Waals surface area contributed by atoms with Crippen molar-refractivity contribution in [1.29, 1.82) is 0 Å². The third-order valence-corrected chi connectivity index (χ3v) is 2.57. The number of carbonyl (C=O) groups excluding carboxylic acids is 2. The molecule has 0 aromatic rings. The molecule has 0 heterocycles. The number of nitrogens with one attached hydrogen (secondary N) is 1.